The van der Waals surface area contributed by atoms with E-state index in [1.54, 1.807) is 20.0 Å². The average molecular weight is 400 g/mol. The SMILES string of the molecule is Cc1ccc(C)c(O[C@@H](C)C(=O)N(C)Cc2nc(-c3ccccc3Cl)no2)c1. The summed E-state index contributed by atoms with van der Waals surface area (Å²) in [4.78, 5) is 18.5. The molecule has 146 valence electrons. The van der Waals surface area contributed by atoms with Crippen molar-refractivity contribution in [1.29, 1.82) is 0 Å². The quantitative estimate of drug-likeness (QED) is 0.613. The second-order valence-corrected chi connectivity index (χ2v) is 7.12. The maximum absolute atomic E-state index is 12.7. The molecule has 1 amide bonds. The molecule has 2 aromatic carbocycles. The van der Waals surface area contributed by atoms with E-state index in [1.807, 2.05) is 50.2 Å². The first kappa shape index (κ1) is 19.9. The van der Waals surface area contributed by atoms with E-state index in [-0.39, 0.29) is 12.5 Å². The van der Waals surface area contributed by atoms with Crippen molar-refractivity contribution in [3.63, 3.8) is 0 Å². The molecule has 0 spiro atoms. The predicted octanol–water partition coefficient (Wildman–Crippen LogP) is 4.43. The fourth-order valence-corrected chi connectivity index (χ4v) is 2.96. The molecule has 1 atom stereocenters. The molecule has 0 unspecified atom stereocenters. The van der Waals surface area contributed by atoms with Gasteiger partial charge in [0.25, 0.3) is 5.91 Å². The van der Waals surface area contributed by atoms with Crippen LogP contribution in [0.15, 0.2) is 47.0 Å². The highest BCUT2D eigenvalue weighted by Crippen LogP contribution is 2.25. The average Bonchev–Trinajstić information content (AvgIpc) is 3.12. The molecule has 0 saturated heterocycles. The van der Waals surface area contributed by atoms with Crippen LogP contribution in [0.5, 0.6) is 5.75 Å². The van der Waals surface area contributed by atoms with E-state index in [2.05, 4.69) is 10.1 Å². The number of hydrogen-bond acceptors (Lipinski definition) is 5. The van der Waals surface area contributed by atoms with Gasteiger partial charge in [0.15, 0.2) is 6.10 Å². The van der Waals surface area contributed by atoms with Crippen molar-refractivity contribution in [3.05, 3.63) is 64.5 Å². The van der Waals surface area contributed by atoms with Gasteiger partial charge >= 0.3 is 0 Å². The van der Waals surface area contributed by atoms with E-state index in [9.17, 15) is 4.79 Å². The lowest BCUT2D eigenvalue weighted by molar-refractivity contribution is -0.137. The number of carbonyl (C=O) groups is 1. The molecule has 6 nitrogen and oxygen atoms in total. The van der Waals surface area contributed by atoms with Crippen LogP contribution < -0.4 is 4.74 Å². The molecule has 0 aliphatic heterocycles. The van der Waals surface area contributed by atoms with Gasteiger partial charge in [-0.2, -0.15) is 4.98 Å². The molecule has 3 rings (SSSR count). The number of aromatic nitrogens is 2. The molecule has 0 fully saturated rings. The van der Waals surface area contributed by atoms with Gasteiger partial charge in [-0.05, 0) is 50.1 Å². The Hall–Kier alpha value is -2.86. The van der Waals surface area contributed by atoms with Crippen LogP contribution in [0.25, 0.3) is 11.4 Å². The molecule has 1 aromatic heterocycles. The van der Waals surface area contributed by atoms with Gasteiger partial charge in [-0.1, -0.05) is 41.0 Å². The molecule has 0 aliphatic rings. The Morgan fingerprint density at radius 2 is 2.00 bits per heavy atom. The summed E-state index contributed by atoms with van der Waals surface area (Å²) in [5.74, 6) is 1.23. The number of ether oxygens (including phenoxy) is 1. The van der Waals surface area contributed by atoms with Crippen LogP contribution in [-0.2, 0) is 11.3 Å². The first-order valence-electron chi connectivity index (χ1n) is 8.91. The van der Waals surface area contributed by atoms with E-state index in [0.717, 1.165) is 11.1 Å². The molecule has 0 saturated carbocycles. The van der Waals surface area contributed by atoms with Crippen LogP contribution in [0.2, 0.25) is 5.02 Å². The maximum Gasteiger partial charge on any atom is 0.263 e. The molecule has 0 radical (unpaired) electrons. The lowest BCUT2D eigenvalue weighted by atomic mass is 10.1. The highest BCUT2D eigenvalue weighted by Gasteiger charge is 2.22. The normalized spacial score (nSPS) is 11.9. The molecular weight excluding hydrogens is 378 g/mol. The van der Waals surface area contributed by atoms with Crippen LogP contribution in [-0.4, -0.2) is 34.1 Å². The van der Waals surface area contributed by atoms with Crippen molar-refractivity contribution in [2.24, 2.45) is 0 Å². The van der Waals surface area contributed by atoms with Gasteiger partial charge in [-0.3, -0.25) is 4.79 Å². The fraction of sp³-hybridized carbons (Fsp3) is 0.286. The van der Waals surface area contributed by atoms with Crippen molar-refractivity contribution >= 4 is 17.5 Å². The summed E-state index contributed by atoms with van der Waals surface area (Å²) in [6, 6.07) is 13.1. The zero-order chi connectivity index (χ0) is 20.3. The Morgan fingerprint density at radius 3 is 2.75 bits per heavy atom. The molecule has 1 heterocycles. The Morgan fingerprint density at radius 1 is 1.25 bits per heavy atom. The lowest BCUT2D eigenvalue weighted by Gasteiger charge is -2.21. The number of rotatable bonds is 6. The smallest absolute Gasteiger partial charge is 0.263 e. The number of likely N-dealkylation sites (N-methyl/N-ethyl adjacent to an activating group) is 1. The van der Waals surface area contributed by atoms with Crippen molar-refractivity contribution in [1.82, 2.24) is 15.0 Å². The maximum atomic E-state index is 12.7. The zero-order valence-corrected chi connectivity index (χ0v) is 17.0. The molecule has 0 aliphatic carbocycles. The third kappa shape index (κ3) is 4.51. The minimum Gasteiger partial charge on any atom is -0.481 e. The molecule has 0 bridgehead atoms. The highest BCUT2D eigenvalue weighted by atomic mass is 35.5. The van der Waals surface area contributed by atoms with Crippen LogP contribution in [0.4, 0.5) is 0 Å². The fourth-order valence-electron chi connectivity index (χ4n) is 2.74. The summed E-state index contributed by atoms with van der Waals surface area (Å²) in [6.45, 7) is 5.84. The molecule has 28 heavy (non-hydrogen) atoms. The first-order chi connectivity index (χ1) is 13.3. The first-order valence-corrected chi connectivity index (χ1v) is 9.29. The number of amides is 1. The summed E-state index contributed by atoms with van der Waals surface area (Å²) in [5, 5.41) is 4.49. The van der Waals surface area contributed by atoms with Crippen LogP contribution >= 0.6 is 11.6 Å². The summed E-state index contributed by atoms with van der Waals surface area (Å²) in [5.41, 5.74) is 2.74. The monoisotopic (exact) mass is 399 g/mol. The summed E-state index contributed by atoms with van der Waals surface area (Å²) >= 11 is 6.16. The van der Waals surface area contributed by atoms with Gasteiger partial charge in [-0.25, -0.2) is 0 Å². The van der Waals surface area contributed by atoms with Gasteiger partial charge in [0.2, 0.25) is 11.7 Å². The number of carbonyl (C=O) groups excluding carboxylic acids is 1. The second-order valence-electron chi connectivity index (χ2n) is 6.71. The standard InChI is InChI=1S/C21H22ClN3O3/c1-13-9-10-14(2)18(11-13)27-15(3)21(26)25(4)12-19-23-20(24-28-19)16-7-5-6-8-17(16)22/h5-11,15H,12H2,1-4H3/t15-/m0/s1. The van der Waals surface area contributed by atoms with Gasteiger partial charge in [0, 0.05) is 12.6 Å². The van der Waals surface area contributed by atoms with Gasteiger partial charge < -0.3 is 14.2 Å². The van der Waals surface area contributed by atoms with Gasteiger partial charge in [0.1, 0.15) is 5.75 Å². The number of halogens is 1. The molecule has 3 aromatic rings. The predicted molar refractivity (Wildman–Crippen MR) is 107 cm³/mol. The Kier molecular flexibility index (Phi) is 5.99. The summed E-state index contributed by atoms with van der Waals surface area (Å²) in [6.07, 6.45) is -0.642. The Labute approximate surface area is 169 Å². The van der Waals surface area contributed by atoms with E-state index >= 15 is 0 Å². The van der Waals surface area contributed by atoms with Crippen LogP contribution in [0, 0.1) is 13.8 Å². The topological polar surface area (TPSA) is 68.5 Å². The van der Waals surface area contributed by atoms with Gasteiger partial charge in [0.05, 0.1) is 11.6 Å². The largest absolute Gasteiger partial charge is 0.481 e. The third-order valence-corrected chi connectivity index (χ3v) is 4.66. The second kappa shape index (κ2) is 8.44. The van der Waals surface area contributed by atoms with Crippen molar-refractivity contribution < 1.29 is 14.1 Å². The van der Waals surface area contributed by atoms with Crippen molar-refractivity contribution in [3.8, 4) is 17.1 Å². The zero-order valence-electron chi connectivity index (χ0n) is 16.3. The summed E-state index contributed by atoms with van der Waals surface area (Å²) in [7, 11) is 1.67. The molecular formula is C21H22ClN3O3. The highest BCUT2D eigenvalue weighted by molar-refractivity contribution is 6.33. The number of hydrogen-bond donors (Lipinski definition) is 0. The van der Waals surface area contributed by atoms with Crippen LogP contribution in [0.1, 0.15) is 23.9 Å². The van der Waals surface area contributed by atoms with Crippen molar-refractivity contribution in [2.45, 2.75) is 33.4 Å². The Bertz CT molecular complexity index is 987. The number of nitrogens with zero attached hydrogens (tertiary/aromatic N) is 3. The van der Waals surface area contributed by atoms with Crippen molar-refractivity contribution in [2.75, 3.05) is 7.05 Å². The molecule has 0 N–H and O–H groups in total. The van der Waals surface area contributed by atoms with E-state index < -0.39 is 6.10 Å². The van der Waals surface area contributed by atoms with E-state index in [0.29, 0.717) is 28.1 Å². The minimum absolute atomic E-state index is 0.177. The number of aryl methyl sites for hydroxylation is 2. The van der Waals surface area contributed by atoms with Gasteiger partial charge in [-0.15, -0.1) is 0 Å². The summed E-state index contributed by atoms with van der Waals surface area (Å²) < 4.78 is 11.1. The van der Waals surface area contributed by atoms with Crippen LogP contribution in [0.3, 0.4) is 0 Å². The Balaban J connectivity index is 1.66. The minimum atomic E-state index is -0.642. The number of benzene rings is 2. The lowest BCUT2D eigenvalue weighted by Crippen LogP contribution is -2.37. The third-order valence-electron chi connectivity index (χ3n) is 4.33. The molecule has 7 heteroatoms. The van der Waals surface area contributed by atoms with E-state index in [1.165, 1.54) is 4.90 Å². The van der Waals surface area contributed by atoms with E-state index in [4.69, 9.17) is 20.9 Å².